The lowest BCUT2D eigenvalue weighted by atomic mass is 10.1. The number of carbonyl (C=O) groups excluding carboxylic acids is 1. The summed E-state index contributed by atoms with van der Waals surface area (Å²) in [6.07, 6.45) is 26.0. The smallest absolute Gasteiger partial charge is 0.247 e. The largest absolute Gasteiger partial charge is 0.355 e. The fraction of sp³-hybridized carbons (Fsp3) is 0.650. The summed E-state index contributed by atoms with van der Waals surface area (Å²) >= 11 is 0. The molecule has 0 rings (SSSR count). The Kier molecular flexibility index (Phi) is 16.7. The standard InChI is InChI=1S/C20H33O2/c1-2-3-4-5-6-7-8-9-10-11-12-13-14-15-16-17-18-19-20(21)22/h6-7,9-10,15-16H,2-5,8,11-14,17-19H2,1H3. The van der Waals surface area contributed by atoms with Crippen molar-refractivity contribution in [3.05, 3.63) is 36.5 Å². The van der Waals surface area contributed by atoms with Gasteiger partial charge in [-0.3, -0.25) is 0 Å². The molecule has 0 bridgehead atoms. The Labute approximate surface area is 137 Å². The van der Waals surface area contributed by atoms with Gasteiger partial charge in [0.2, 0.25) is 0 Å². The number of allylic oxidation sites excluding steroid dienone is 6. The third-order valence-corrected chi connectivity index (χ3v) is 3.49. The van der Waals surface area contributed by atoms with Crippen LogP contribution in [-0.2, 0) is 9.90 Å². The van der Waals surface area contributed by atoms with Crippen LogP contribution in [0.5, 0.6) is 0 Å². The van der Waals surface area contributed by atoms with E-state index in [2.05, 4.69) is 43.4 Å². The molecular weight excluding hydrogens is 272 g/mol. The minimum atomic E-state index is -0.948. The van der Waals surface area contributed by atoms with Crippen LogP contribution >= 0.6 is 0 Å². The summed E-state index contributed by atoms with van der Waals surface area (Å²) < 4.78 is 0. The monoisotopic (exact) mass is 305 g/mol. The van der Waals surface area contributed by atoms with Crippen molar-refractivity contribution < 1.29 is 9.90 Å². The summed E-state index contributed by atoms with van der Waals surface area (Å²) in [6, 6.07) is 0. The average molecular weight is 305 g/mol. The van der Waals surface area contributed by atoms with E-state index in [9.17, 15) is 9.90 Å². The molecule has 0 aromatic rings. The Morgan fingerprint density at radius 2 is 1.14 bits per heavy atom. The maximum atomic E-state index is 10.2. The zero-order valence-electron chi connectivity index (χ0n) is 14.3. The summed E-state index contributed by atoms with van der Waals surface area (Å²) in [5.41, 5.74) is 0. The highest BCUT2D eigenvalue weighted by Gasteiger charge is 1.95. The third kappa shape index (κ3) is 18.7. The van der Waals surface area contributed by atoms with Crippen molar-refractivity contribution in [2.45, 2.75) is 84.0 Å². The van der Waals surface area contributed by atoms with Crippen LogP contribution in [-0.4, -0.2) is 5.97 Å². The van der Waals surface area contributed by atoms with Crippen molar-refractivity contribution in [1.29, 1.82) is 0 Å². The van der Waals surface area contributed by atoms with Crippen LogP contribution in [0.1, 0.15) is 84.0 Å². The number of hydrogen-bond acceptors (Lipinski definition) is 1. The summed E-state index contributed by atoms with van der Waals surface area (Å²) in [5, 5.41) is 10.2. The number of carbonyl (C=O) groups is 1. The Balaban J connectivity index is 3.26. The highest BCUT2D eigenvalue weighted by Crippen LogP contribution is 2.05. The highest BCUT2D eigenvalue weighted by atomic mass is 16.4. The fourth-order valence-corrected chi connectivity index (χ4v) is 2.14. The van der Waals surface area contributed by atoms with Crippen molar-refractivity contribution in [2.75, 3.05) is 0 Å². The number of unbranched alkanes of at least 4 members (excludes halogenated alkanes) is 7. The first-order chi connectivity index (χ1) is 10.8. The van der Waals surface area contributed by atoms with Crippen LogP contribution in [0, 0.1) is 0 Å². The topological polar surface area (TPSA) is 37.0 Å². The van der Waals surface area contributed by atoms with E-state index in [1.54, 1.807) is 0 Å². The molecule has 0 saturated carbocycles. The summed E-state index contributed by atoms with van der Waals surface area (Å²) in [6.45, 7) is 2.24. The normalized spacial score (nSPS) is 12.0. The van der Waals surface area contributed by atoms with Gasteiger partial charge in [-0.2, -0.15) is 0 Å². The van der Waals surface area contributed by atoms with Crippen LogP contribution in [0.4, 0.5) is 0 Å². The Morgan fingerprint density at radius 1 is 0.682 bits per heavy atom. The van der Waals surface area contributed by atoms with Crippen LogP contribution in [0.3, 0.4) is 0 Å². The first kappa shape index (κ1) is 20.7. The maximum Gasteiger partial charge on any atom is 0.355 e. The molecule has 0 unspecified atom stereocenters. The lowest BCUT2D eigenvalue weighted by molar-refractivity contribution is -0.143. The molecule has 0 atom stereocenters. The Morgan fingerprint density at radius 3 is 1.64 bits per heavy atom. The molecule has 0 fully saturated rings. The second kappa shape index (κ2) is 17.7. The predicted octanol–water partition coefficient (Wildman–Crippen LogP) is 6.31. The van der Waals surface area contributed by atoms with Gasteiger partial charge in [0, 0.05) is 0 Å². The second-order valence-electron chi connectivity index (χ2n) is 5.69. The number of hydrogen-bond donors (Lipinski definition) is 0. The molecule has 0 aliphatic carbocycles. The molecule has 0 aliphatic rings. The van der Waals surface area contributed by atoms with E-state index in [0.29, 0.717) is 6.42 Å². The van der Waals surface area contributed by atoms with Crippen molar-refractivity contribution in [3.8, 4) is 0 Å². The van der Waals surface area contributed by atoms with E-state index in [1.807, 2.05) is 0 Å². The second-order valence-corrected chi connectivity index (χ2v) is 5.69. The number of rotatable bonds is 15. The molecule has 2 nitrogen and oxygen atoms in total. The highest BCUT2D eigenvalue weighted by molar-refractivity contribution is 5.66. The van der Waals surface area contributed by atoms with E-state index in [-0.39, 0.29) is 6.42 Å². The van der Waals surface area contributed by atoms with Gasteiger partial charge in [0.25, 0.3) is 0 Å². The van der Waals surface area contributed by atoms with Crippen molar-refractivity contribution in [3.63, 3.8) is 0 Å². The quantitative estimate of drug-likeness (QED) is 0.258. The molecule has 0 aromatic heterocycles. The van der Waals surface area contributed by atoms with Crippen LogP contribution in [0.25, 0.3) is 0 Å². The van der Waals surface area contributed by atoms with Gasteiger partial charge in [0.1, 0.15) is 0 Å². The molecule has 0 N–H and O–H groups in total. The van der Waals surface area contributed by atoms with E-state index in [1.165, 1.54) is 38.5 Å². The van der Waals surface area contributed by atoms with Gasteiger partial charge in [0.15, 0.2) is 0 Å². The van der Waals surface area contributed by atoms with Crippen LogP contribution in [0.2, 0.25) is 0 Å². The third-order valence-electron chi connectivity index (χ3n) is 3.49. The fourth-order valence-electron chi connectivity index (χ4n) is 2.14. The SMILES string of the molecule is CCCCCC=CCC=CCCCCC=CCCCC([O])=O. The van der Waals surface area contributed by atoms with E-state index >= 15 is 0 Å². The van der Waals surface area contributed by atoms with Gasteiger partial charge in [-0.1, -0.05) is 56.2 Å². The van der Waals surface area contributed by atoms with Gasteiger partial charge < -0.3 is 0 Å². The molecule has 1 radical (unpaired) electrons. The molecule has 0 aliphatic heterocycles. The van der Waals surface area contributed by atoms with Gasteiger partial charge in [-0.15, -0.1) is 0 Å². The zero-order valence-corrected chi connectivity index (χ0v) is 14.3. The lowest BCUT2D eigenvalue weighted by Gasteiger charge is -1.94. The first-order valence-electron chi connectivity index (χ1n) is 8.92. The molecule has 0 amide bonds. The molecule has 2 heteroatoms. The van der Waals surface area contributed by atoms with Crippen LogP contribution in [0.15, 0.2) is 36.5 Å². The van der Waals surface area contributed by atoms with E-state index in [0.717, 1.165) is 25.7 Å². The van der Waals surface area contributed by atoms with E-state index < -0.39 is 5.97 Å². The van der Waals surface area contributed by atoms with Crippen LogP contribution < -0.4 is 0 Å². The predicted molar refractivity (Wildman–Crippen MR) is 94.2 cm³/mol. The lowest BCUT2D eigenvalue weighted by Crippen LogP contribution is -1.90. The van der Waals surface area contributed by atoms with Gasteiger partial charge >= 0.3 is 5.97 Å². The summed E-state index contributed by atoms with van der Waals surface area (Å²) in [4.78, 5) is 10.2. The van der Waals surface area contributed by atoms with Crippen molar-refractivity contribution >= 4 is 5.97 Å². The Bertz CT molecular complexity index is 327. The minimum Gasteiger partial charge on any atom is -0.247 e. The first-order valence-corrected chi connectivity index (χ1v) is 8.92. The molecule has 0 heterocycles. The molecule has 22 heavy (non-hydrogen) atoms. The van der Waals surface area contributed by atoms with Gasteiger partial charge in [0.05, 0.1) is 6.42 Å². The molecule has 0 saturated heterocycles. The molecule has 0 spiro atoms. The van der Waals surface area contributed by atoms with Crippen molar-refractivity contribution in [2.24, 2.45) is 0 Å². The van der Waals surface area contributed by atoms with Gasteiger partial charge in [-0.05, 0) is 57.8 Å². The molecule has 125 valence electrons. The average Bonchev–Trinajstić information content (AvgIpc) is 2.50. The molecular formula is C20H33O2. The summed E-state index contributed by atoms with van der Waals surface area (Å²) in [5.74, 6) is -0.948. The zero-order chi connectivity index (χ0) is 16.3. The van der Waals surface area contributed by atoms with Crippen molar-refractivity contribution in [1.82, 2.24) is 0 Å². The maximum absolute atomic E-state index is 10.2. The van der Waals surface area contributed by atoms with Gasteiger partial charge in [-0.25, -0.2) is 9.90 Å². The minimum absolute atomic E-state index is 0.169. The van der Waals surface area contributed by atoms with E-state index in [4.69, 9.17) is 0 Å². The summed E-state index contributed by atoms with van der Waals surface area (Å²) in [7, 11) is 0. The molecule has 0 aromatic carbocycles. The Hall–Kier alpha value is -1.31.